The molecule has 19 heavy (non-hydrogen) atoms. The van der Waals surface area contributed by atoms with E-state index in [9.17, 15) is 5.11 Å². The lowest BCUT2D eigenvalue weighted by molar-refractivity contribution is 0.169. The number of nitrogens with one attached hydrogen (secondary N) is 1. The van der Waals surface area contributed by atoms with E-state index in [1.54, 1.807) is 14.2 Å². The maximum atomic E-state index is 10.3. The molecule has 0 heterocycles. The summed E-state index contributed by atoms with van der Waals surface area (Å²) in [6, 6.07) is 6.05. The van der Waals surface area contributed by atoms with Gasteiger partial charge in [-0.3, -0.25) is 0 Å². The average molecular weight is 265 g/mol. The van der Waals surface area contributed by atoms with Crippen molar-refractivity contribution < 1.29 is 14.6 Å². The van der Waals surface area contributed by atoms with Gasteiger partial charge in [0.25, 0.3) is 0 Å². The van der Waals surface area contributed by atoms with Crippen LogP contribution in [0.4, 0.5) is 0 Å². The van der Waals surface area contributed by atoms with Crippen molar-refractivity contribution in [3.63, 3.8) is 0 Å². The summed E-state index contributed by atoms with van der Waals surface area (Å²) in [5.41, 5.74) is 0.767. The maximum Gasteiger partial charge on any atom is 0.124 e. The minimum atomic E-state index is -0.580. The van der Waals surface area contributed by atoms with Crippen LogP contribution >= 0.6 is 0 Å². The summed E-state index contributed by atoms with van der Waals surface area (Å²) in [5.74, 6) is 2.20. The fourth-order valence-corrected chi connectivity index (χ4v) is 2.42. The zero-order chi connectivity index (χ0) is 13.8. The Balaban J connectivity index is 1.98. The second-order valence-electron chi connectivity index (χ2n) is 5.04. The van der Waals surface area contributed by atoms with Crippen molar-refractivity contribution in [2.45, 2.75) is 31.9 Å². The first-order valence-corrected chi connectivity index (χ1v) is 6.83. The van der Waals surface area contributed by atoms with Crippen LogP contribution in [-0.2, 0) is 0 Å². The fraction of sp³-hybridized carbons (Fsp3) is 0.600. The van der Waals surface area contributed by atoms with Crippen LogP contribution < -0.4 is 14.8 Å². The molecule has 0 spiro atoms. The van der Waals surface area contributed by atoms with Crippen LogP contribution in [-0.4, -0.2) is 31.9 Å². The van der Waals surface area contributed by atoms with E-state index >= 15 is 0 Å². The van der Waals surface area contributed by atoms with Gasteiger partial charge in [0.15, 0.2) is 0 Å². The first-order valence-electron chi connectivity index (χ1n) is 6.83. The van der Waals surface area contributed by atoms with Gasteiger partial charge in [-0.1, -0.05) is 13.3 Å². The lowest BCUT2D eigenvalue weighted by Gasteiger charge is -2.16. The number of hydrogen-bond donors (Lipinski definition) is 2. The molecule has 1 saturated carbocycles. The fourth-order valence-electron chi connectivity index (χ4n) is 2.42. The van der Waals surface area contributed by atoms with Crippen LogP contribution in [0.15, 0.2) is 18.2 Å². The quantitative estimate of drug-likeness (QED) is 0.793. The van der Waals surface area contributed by atoms with Gasteiger partial charge in [-0.25, -0.2) is 0 Å². The first kappa shape index (κ1) is 14.2. The topological polar surface area (TPSA) is 50.7 Å². The standard InChI is InChI=1S/C15H23NO3/c1-4-10-7-13(10)16-9-14(17)12-8-11(18-2)5-6-15(12)19-3/h5-6,8,10,13-14,16-17H,4,7,9H2,1-3H3. The van der Waals surface area contributed by atoms with Gasteiger partial charge in [-0.15, -0.1) is 0 Å². The Bertz CT molecular complexity index is 422. The Labute approximate surface area is 114 Å². The SMILES string of the molecule is CCC1CC1NCC(O)c1cc(OC)ccc1OC. The molecule has 2 N–H and O–H groups in total. The Morgan fingerprint density at radius 1 is 1.37 bits per heavy atom. The highest BCUT2D eigenvalue weighted by Gasteiger charge is 2.35. The molecule has 1 aliphatic carbocycles. The summed E-state index contributed by atoms with van der Waals surface area (Å²) >= 11 is 0. The van der Waals surface area contributed by atoms with Gasteiger partial charge < -0.3 is 19.9 Å². The molecule has 1 aromatic rings. The largest absolute Gasteiger partial charge is 0.497 e. The molecule has 4 heteroatoms. The number of ether oxygens (including phenoxy) is 2. The van der Waals surface area contributed by atoms with Gasteiger partial charge in [0.05, 0.1) is 20.3 Å². The van der Waals surface area contributed by atoms with Crippen molar-refractivity contribution >= 4 is 0 Å². The number of rotatable bonds is 7. The van der Waals surface area contributed by atoms with E-state index < -0.39 is 6.10 Å². The maximum absolute atomic E-state index is 10.3. The highest BCUT2D eigenvalue weighted by atomic mass is 16.5. The molecule has 3 atom stereocenters. The predicted octanol–water partition coefficient (Wildman–Crippen LogP) is 2.13. The number of methoxy groups -OCH3 is 2. The molecule has 0 saturated heterocycles. The summed E-state index contributed by atoms with van der Waals surface area (Å²) in [7, 11) is 3.23. The predicted molar refractivity (Wildman–Crippen MR) is 74.7 cm³/mol. The molecule has 0 radical (unpaired) electrons. The zero-order valence-electron chi connectivity index (χ0n) is 11.8. The van der Waals surface area contributed by atoms with Crippen LogP contribution in [0.2, 0.25) is 0 Å². The van der Waals surface area contributed by atoms with Gasteiger partial charge in [0.1, 0.15) is 11.5 Å². The van der Waals surface area contributed by atoms with E-state index in [-0.39, 0.29) is 0 Å². The van der Waals surface area contributed by atoms with Crippen LogP contribution in [0.5, 0.6) is 11.5 Å². The molecule has 0 aliphatic heterocycles. The van der Waals surface area contributed by atoms with Crippen LogP contribution in [0.1, 0.15) is 31.4 Å². The Kier molecular flexibility index (Phi) is 4.66. The van der Waals surface area contributed by atoms with E-state index in [2.05, 4.69) is 12.2 Å². The third kappa shape index (κ3) is 3.39. The lowest BCUT2D eigenvalue weighted by Crippen LogP contribution is -2.25. The number of hydrogen-bond acceptors (Lipinski definition) is 4. The van der Waals surface area contributed by atoms with Gasteiger partial charge >= 0.3 is 0 Å². The molecule has 1 fully saturated rings. The first-order chi connectivity index (χ1) is 9.19. The molecule has 0 aromatic heterocycles. The van der Waals surface area contributed by atoms with Crippen molar-refractivity contribution in [2.75, 3.05) is 20.8 Å². The molecule has 1 aliphatic rings. The highest BCUT2D eigenvalue weighted by molar-refractivity contribution is 5.41. The van der Waals surface area contributed by atoms with Crippen LogP contribution in [0.25, 0.3) is 0 Å². The normalized spacial score (nSPS) is 22.9. The molecule has 0 amide bonds. The average Bonchev–Trinajstić information content (AvgIpc) is 3.22. The smallest absolute Gasteiger partial charge is 0.124 e. The van der Waals surface area contributed by atoms with E-state index in [1.807, 2.05) is 18.2 Å². The van der Waals surface area contributed by atoms with Crippen molar-refractivity contribution in [1.82, 2.24) is 5.32 Å². The Morgan fingerprint density at radius 2 is 2.16 bits per heavy atom. The summed E-state index contributed by atoms with van der Waals surface area (Å²) < 4.78 is 10.5. The molecule has 1 aromatic carbocycles. The lowest BCUT2D eigenvalue weighted by atomic mass is 10.1. The molecule has 2 rings (SSSR count). The molecule has 3 unspecified atom stereocenters. The van der Waals surface area contributed by atoms with Gasteiger partial charge in [0.2, 0.25) is 0 Å². The summed E-state index contributed by atoms with van der Waals surface area (Å²) in [4.78, 5) is 0. The van der Waals surface area contributed by atoms with E-state index in [1.165, 1.54) is 12.8 Å². The van der Waals surface area contributed by atoms with Crippen molar-refractivity contribution in [3.8, 4) is 11.5 Å². The molecule has 106 valence electrons. The minimum absolute atomic E-state index is 0.546. The minimum Gasteiger partial charge on any atom is -0.497 e. The zero-order valence-corrected chi connectivity index (χ0v) is 11.8. The van der Waals surface area contributed by atoms with Gasteiger partial charge in [-0.05, 0) is 30.5 Å². The second kappa shape index (κ2) is 6.26. The molecule has 0 bridgehead atoms. The molecular formula is C15H23NO3. The monoisotopic (exact) mass is 265 g/mol. The third-order valence-electron chi connectivity index (χ3n) is 3.82. The van der Waals surface area contributed by atoms with E-state index in [4.69, 9.17) is 9.47 Å². The second-order valence-corrected chi connectivity index (χ2v) is 5.04. The number of aliphatic hydroxyl groups is 1. The summed E-state index contributed by atoms with van der Waals surface area (Å²) in [6.45, 7) is 2.75. The number of benzene rings is 1. The Hall–Kier alpha value is -1.26. The van der Waals surface area contributed by atoms with Gasteiger partial charge in [-0.2, -0.15) is 0 Å². The van der Waals surface area contributed by atoms with Crippen molar-refractivity contribution in [2.24, 2.45) is 5.92 Å². The van der Waals surface area contributed by atoms with Crippen LogP contribution in [0, 0.1) is 5.92 Å². The van der Waals surface area contributed by atoms with Crippen molar-refractivity contribution in [1.29, 1.82) is 0 Å². The Morgan fingerprint density at radius 3 is 2.74 bits per heavy atom. The summed E-state index contributed by atoms with van der Waals surface area (Å²) in [6.07, 6.45) is 1.84. The molecular weight excluding hydrogens is 242 g/mol. The van der Waals surface area contributed by atoms with E-state index in [0.717, 1.165) is 17.2 Å². The van der Waals surface area contributed by atoms with Crippen molar-refractivity contribution in [3.05, 3.63) is 23.8 Å². The van der Waals surface area contributed by atoms with Crippen LogP contribution in [0.3, 0.4) is 0 Å². The molecule has 4 nitrogen and oxygen atoms in total. The van der Waals surface area contributed by atoms with E-state index in [0.29, 0.717) is 18.3 Å². The third-order valence-corrected chi connectivity index (χ3v) is 3.82. The highest BCUT2D eigenvalue weighted by Crippen LogP contribution is 2.34. The number of aliphatic hydroxyl groups excluding tert-OH is 1. The van der Waals surface area contributed by atoms with Gasteiger partial charge in [0, 0.05) is 18.2 Å². The summed E-state index contributed by atoms with van der Waals surface area (Å²) in [5, 5.41) is 13.7.